The molecular formula is C18H20Cl2N2O4S. The molecule has 0 saturated heterocycles. The fourth-order valence-electron chi connectivity index (χ4n) is 2.36. The van der Waals surface area contributed by atoms with Crippen LogP contribution in [0.2, 0.25) is 10.0 Å². The van der Waals surface area contributed by atoms with Crippen LogP contribution in [0.4, 0.5) is 5.69 Å². The minimum atomic E-state index is -3.53. The molecule has 9 heteroatoms. The Balaban J connectivity index is 1.98. The summed E-state index contributed by atoms with van der Waals surface area (Å²) >= 11 is 11.8. The molecule has 0 radical (unpaired) electrons. The van der Waals surface area contributed by atoms with E-state index in [1.807, 2.05) is 0 Å². The van der Waals surface area contributed by atoms with Crippen molar-refractivity contribution in [2.75, 3.05) is 25.0 Å². The first-order valence-electron chi connectivity index (χ1n) is 8.25. The van der Waals surface area contributed by atoms with Gasteiger partial charge in [-0.3, -0.25) is 4.79 Å². The third-order valence-electron chi connectivity index (χ3n) is 3.73. The van der Waals surface area contributed by atoms with Crippen molar-refractivity contribution in [1.29, 1.82) is 0 Å². The summed E-state index contributed by atoms with van der Waals surface area (Å²) in [5.41, 5.74) is 0.462. The summed E-state index contributed by atoms with van der Waals surface area (Å²) in [6.07, 6.45) is 0. The smallest absolute Gasteiger partial charge is 0.262 e. The summed E-state index contributed by atoms with van der Waals surface area (Å²) in [6.45, 7) is 4.09. The van der Waals surface area contributed by atoms with Gasteiger partial charge in [0.25, 0.3) is 5.91 Å². The van der Waals surface area contributed by atoms with E-state index in [0.717, 1.165) is 0 Å². The van der Waals surface area contributed by atoms with E-state index in [0.29, 0.717) is 34.6 Å². The lowest BCUT2D eigenvalue weighted by Gasteiger charge is -2.18. The molecule has 2 aromatic carbocycles. The quantitative estimate of drug-likeness (QED) is 0.685. The Morgan fingerprint density at radius 2 is 1.70 bits per heavy atom. The van der Waals surface area contributed by atoms with Crippen LogP contribution in [0, 0.1) is 0 Å². The Morgan fingerprint density at radius 3 is 2.26 bits per heavy atom. The molecule has 0 saturated carbocycles. The summed E-state index contributed by atoms with van der Waals surface area (Å²) in [4.78, 5) is 12.2. The normalized spacial score (nSPS) is 11.4. The number of carbonyl (C=O) groups excluding carboxylic acids is 1. The van der Waals surface area contributed by atoms with E-state index in [1.54, 1.807) is 26.0 Å². The lowest BCUT2D eigenvalue weighted by atomic mass is 10.3. The highest BCUT2D eigenvalue weighted by Crippen LogP contribution is 2.27. The summed E-state index contributed by atoms with van der Waals surface area (Å²) in [7, 11) is -3.53. The first-order valence-corrected chi connectivity index (χ1v) is 10.5. The first kappa shape index (κ1) is 21.5. The minimum absolute atomic E-state index is 0.174. The zero-order chi connectivity index (χ0) is 20.0. The molecule has 0 bridgehead atoms. The number of hydrogen-bond acceptors (Lipinski definition) is 4. The molecule has 0 aliphatic rings. The lowest BCUT2D eigenvalue weighted by Crippen LogP contribution is -2.30. The molecule has 0 spiro atoms. The van der Waals surface area contributed by atoms with E-state index in [1.165, 1.54) is 34.6 Å². The van der Waals surface area contributed by atoms with Crippen LogP contribution in [0.15, 0.2) is 47.4 Å². The fraction of sp³-hybridized carbons (Fsp3) is 0.278. The number of halogens is 2. The van der Waals surface area contributed by atoms with Gasteiger partial charge in [0, 0.05) is 23.8 Å². The van der Waals surface area contributed by atoms with Crippen LogP contribution in [-0.4, -0.2) is 38.3 Å². The van der Waals surface area contributed by atoms with Gasteiger partial charge in [-0.15, -0.1) is 0 Å². The van der Waals surface area contributed by atoms with Crippen LogP contribution in [0.3, 0.4) is 0 Å². The van der Waals surface area contributed by atoms with Crippen LogP contribution in [0.1, 0.15) is 13.8 Å². The number of amides is 1. The number of ether oxygens (including phenoxy) is 1. The first-order chi connectivity index (χ1) is 12.8. The van der Waals surface area contributed by atoms with Crippen molar-refractivity contribution in [3.05, 3.63) is 52.5 Å². The van der Waals surface area contributed by atoms with Crippen molar-refractivity contribution < 1.29 is 17.9 Å². The lowest BCUT2D eigenvalue weighted by molar-refractivity contribution is -0.118. The van der Waals surface area contributed by atoms with Gasteiger partial charge in [-0.2, -0.15) is 4.31 Å². The zero-order valence-corrected chi connectivity index (χ0v) is 17.2. The minimum Gasteiger partial charge on any atom is -0.482 e. The Bertz CT molecular complexity index is 898. The van der Waals surface area contributed by atoms with Crippen molar-refractivity contribution in [3.8, 4) is 5.75 Å². The summed E-state index contributed by atoms with van der Waals surface area (Å²) in [6, 6.07) is 10.7. The fourth-order valence-corrected chi connectivity index (χ4v) is 4.28. The van der Waals surface area contributed by atoms with Gasteiger partial charge < -0.3 is 10.1 Å². The number of rotatable bonds is 8. The highest BCUT2D eigenvalue weighted by atomic mass is 35.5. The maximum atomic E-state index is 12.4. The number of hydrogen-bond donors (Lipinski definition) is 1. The van der Waals surface area contributed by atoms with Gasteiger partial charge in [0.2, 0.25) is 10.0 Å². The van der Waals surface area contributed by atoms with E-state index in [9.17, 15) is 13.2 Å². The highest BCUT2D eigenvalue weighted by molar-refractivity contribution is 7.89. The molecule has 0 unspecified atom stereocenters. The predicted octanol–water partition coefficient (Wildman–Crippen LogP) is 4.04. The number of carbonyl (C=O) groups is 1. The number of sulfonamides is 1. The van der Waals surface area contributed by atoms with E-state index >= 15 is 0 Å². The maximum Gasteiger partial charge on any atom is 0.262 e. The predicted molar refractivity (Wildman–Crippen MR) is 107 cm³/mol. The molecule has 2 rings (SSSR count). The van der Waals surface area contributed by atoms with Crippen LogP contribution >= 0.6 is 23.2 Å². The van der Waals surface area contributed by atoms with Crippen LogP contribution in [-0.2, 0) is 14.8 Å². The number of anilines is 1. The SMILES string of the molecule is CCN(CC)S(=O)(=O)c1ccc(NC(=O)COc2ccc(Cl)cc2Cl)cc1. The molecule has 1 amide bonds. The van der Waals surface area contributed by atoms with Crippen molar-refractivity contribution >= 4 is 44.8 Å². The average molecular weight is 431 g/mol. The van der Waals surface area contributed by atoms with Gasteiger partial charge in [0.15, 0.2) is 6.61 Å². The molecule has 2 aromatic rings. The molecule has 0 aliphatic heterocycles. The molecule has 0 fully saturated rings. The van der Waals surface area contributed by atoms with Crippen molar-refractivity contribution in [2.45, 2.75) is 18.7 Å². The van der Waals surface area contributed by atoms with E-state index in [4.69, 9.17) is 27.9 Å². The number of nitrogens with one attached hydrogen (secondary N) is 1. The van der Waals surface area contributed by atoms with Crippen molar-refractivity contribution in [3.63, 3.8) is 0 Å². The van der Waals surface area contributed by atoms with Crippen LogP contribution < -0.4 is 10.1 Å². The van der Waals surface area contributed by atoms with Gasteiger partial charge in [0.1, 0.15) is 5.75 Å². The molecular weight excluding hydrogens is 411 g/mol. The Labute approximate surface area is 169 Å². The average Bonchev–Trinajstić information content (AvgIpc) is 2.62. The second kappa shape index (κ2) is 9.41. The number of nitrogens with zero attached hydrogens (tertiary/aromatic N) is 1. The van der Waals surface area contributed by atoms with Gasteiger partial charge in [-0.05, 0) is 42.5 Å². The highest BCUT2D eigenvalue weighted by Gasteiger charge is 2.21. The van der Waals surface area contributed by atoms with Crippen LogP contribution in [0.5, 0.6) is 5.75 Å². The summed E-state index contributed by atoms with van der Waals surface area (Å²) < 4.78 is 31.6. The van der Waals surface area contributed by atoms with Gasteiger partial charge in [0.05, 0.1) is 9.92 Å². The Hall–Kier alpha value is -1.80. The standard InChI is InChI=1S/C18H20Cl2N2O4S/c1-3-22(4-2)27(24,25)15-8-6-14(7-9-15)21-18(23)12-26-17-10-5-13(19)11-16(17)20/h5-11H,3-4,12H2,1-2H3,(H,21,23). The van der Waals surface area contributed by atoms with Gasteiger partial charge in [-0.25, -0.2) is 8.42 Å². The molecule has 0 aliphatic carbocycles. The van der Waals surface area contributed by atoms with Gasteiger partial charge in [-0.1, -0.05) is 37.0 Å². The van der Waals surface area contributed by atoms with Crippen molar-refractivity contribution in [2.24, 2.45) is 0 Å². The summed E-state index contributed by atoms with van der Waals surface area (Å²) in [5, 5.41) is 3.41. The van der Waals surface area contributed by atoms with Crippen LogP contribution in [0.25, 0.3) is 0 Å². The number of benzene rings is 2. The topological polar surface area (TPSA) is 75.7 Å². The Morgan fingerprint density at radius 1 is 1.07 bits per heavy atom. The monoisotopic (exact) mass is 430 g/mol. The Kier molecular flexibility index (Phi) is 7.49. The molecule has 0 heterocycles. The largest absolute Gasteiger partial charge is 0.482 e. The second-order valence-corrected chi connectivity index (χ2v) is 8.31. The van der Waals surface area contributed by atoms with E-state index in [2.05, 4.69) is 5.32 Å². The van der Waals surface area contributed by atoms with E-state index in [-0.39, 0.29) is 11.5 Å². The van der Waals surface area contributed by atoms with Crippen molar-refractivity contribution in [1.82, 2.24) is 4.31 Å². The third-order valence-corrected chi connectivity index (χ3v) is 6.33. The van der Waals surface area contributed by atoms with E-state index < -0.39 is 15.9 Å². The third kappa shape index (κ3) is 5.59. The molecule has 0 aromatic heterocycles. The molecule has 6 nitrogen and oxygen atoms in total. The summed E-state index contributed by atoms with van der Waals surface area (Å²) in [5.74, 6) is -0.0581. The zero-order valence-electron chi connectivity index (χ0n) is 14.9. The van der Waals surface area contributed by atoms with Gasteiger partial charge >= 0.3 is 0 Å². The molecule has 27 heavy (non-hydrogen) atoms. The maximum absolute atomic E-state index is 12.4. The molecule has 0 atom stereocenters. The molecule has 146 valence electrons. The molecule has 1 N–H and O–H groups in total. The second-order valence-electron chi connectivity index (χ2n) is 5.53.